The molecule has 4 aromatic rings. The zero-order valence-electron chi connectivity index (χ0n) is 17.9. The quantitative estimate of drug-likeness (QED) is 0.338. The highest BCUT2D eigenvalue weighted by Gasteiger charge is 2.31. The predicted molar refractivity (Wildman–Crippen MR) is 126 cm³/mol. The Balaban J connectivity index is 1.21. The first-order valence-electron chi connectivity index (χ1n) is 11.2. The Labute approximate surface area is 199 Å². The van der Waals surface area contributed by atoms with Gasteiger partial charge in [0, 0.05) is 18.2 Å². The van der Waals surface area contributed by atoms with Crippen LogP contribution in [0.15, 0.2) is 46.3 Å². The van der Waals surface area contributed by atoms with E-state index < -0.39 is 0 Å². The maximum atomic E-state index is 13.6. The standard InChI is InChI=1S/C23H23FN6OS2/c24-17-6-1-4-15(12-17)20-25-22(31-27-20)16-5-2-10-28(13-16)14-29-23(32)30(18-8-9-18)21(26-29)19-7-3-11-33-19/h1,3-4,6-7,11-12,16,18H,2,5,8-10,13-14H2. The molecule has 10 heteroatoms. The van der Waals surface area contributed by atoms with E-state index in [0.29, 0.717) is 30.0 Å². The molecule has 1 aliphatic heterocycles. The van der Waals surface area contributed by atoms with Crippen molar-refractivity contribution < 1.29 is 8.91 Å². The minimum atomic E-state index is -0.313. The molecule has 1 aromatic carbocycles. The summed E-state index contributed by atoms with van der Waals surface area (Å²) in [5.74, 6) is 1.82. The van der Waals surface area contributed by atoms with Gasteiger partial charge in [0.2, 0.25) is 11.7 Å². The monoisotopic (exact) mass is 482 g/mol. The van der Waals surface area contributed by atoms with Gasteiger partial charge in [0.05, 0.1) is 17.5 Å². The summed E-state index contributed by atoms with van der Waals surface area (Å²) in [6.07, 6.45) is 4.32. The number of halogens is 1. The van der Waals surface area contributed by atoms with Gasteiger partial charge in [-0.3, -0.25) is 9.47 Å². The zero-order chi connectivity index (χ0) is 22.4. The molecule has 1 unspecified atom stereocenters. The number of hydrogen-bond donors (Lipinski definition) is 0. The van der Waals surface area contributed by atoms with E-state index >= 15 is 0 Å². The lowest BCUT2D eigenvalue weighted by atomic mass is 9.98. The molecular weight excluding hydrogens is 459 g/mol. The summed E-state index contributed by atoms with van der Waals surface area (Å²) < 4.78 is 24.1. The number of benzene rings is 1. The number of thiophene rings is 1. The first-order chi connectivity index (χ1) is 16.2. The van der Waals surface area contributed by atoms with E-state index in [0.717, 1.165) is 54.2 Å². The highest BCUT2D eigenvalue weighted by molar-refractivity contribution is 7.71. The van der Waals surface area contributed by atoms with E-state index in [4.69, 9.17) is 21.8 Å². The molecule has 1 saturated heterocycles. The molecule has 2 aliphatic rings. The summed E-state index contributed by atoms with van der Waals surface area (Å²) in [5, 5.41) is 11.1. The summed E-state index contributed by atoms with van der Waals surface area (Å²) >= 11 is 7.53. The van der Waals surface area contributed by atoms with Crippen molar-refractivity contribution in [3.63, 3.8) is 0 Å². The smallest absolute Gasteiger partial charge is 0.231 e. The lowest BCUT2D eigenvalue weighted by Crippen LogP contribution is -2.36. The number of hydrogen-bond acceptors (Lipinski definition) is 7. The van der Waals surface area contributed by atoms with Gasteiger partial charge in [-0.25, -0.2) is 9.07 Å². The van der Waals surface area contributed by atoms with Crippen LogP contribution in [0.25, 0.3) is 22.1 Å². The number of aromatic nitrogens is 5. The molecule has 0 spiro atoms. The van der Waals surface area contributed by atoms with Crippen LogP contribution in [0.4, 0.5) is 4.39 Å². The summed E-state index contributed by atoms with van der Waals surface area (Å²) in [6, 6.07) is 10.9. The summed E-state index contributed by atoms with van der Waals surface area (Å²) in [7, 11) is 0. The number of likely N-dealkylation sites (tertiary alicyclic amines) is 1. The fourth-order valence-electron chi connectivity index (χ4n) is 4.47. The lowest BCUT2D eigenvalue weighted by Gasteiger charge is -2.30. The Morgan fingerprint density at radius 1 is 1.18 bits per heavy atom. The fraction of sp³-hybridized carbons (Fsp3) is 0.391. The molecule has 0 N–H and O–H groups in total. The van der Waals surface area contributed by atoms with E-state index in [-0.39, 0.29) is 11.7 Å². The first-order valence-corrected chi connectivity index (χ1v) is 12.5. The van der Waals surface area contributed by atoms with Crippen molar-refractivity contribution in [3.8, 4) is 22.1 Å². The van der Waals surface area contributed by atoms with Gasteiger partial charge in [0.1, 0.15) is 5.82 Å². The van der Waals surface area contributed by atoms with E-state index in [1.807, 2.05) is 4.68 Å². The molecule has 4 heterocycles. The Morgan fingerprint density at radius 3 is 2.88 bits per heavy atom. The SMILES string of the molecule is Fc1cccc(-c2noc(C3CCCN(Cn4nc(-c5cccs5)n(C5CC5)c4=S)C3)n2)c1. The number of piperidine rings is 1. The molecule has 1 saturated carbocycles. The number of nitrogens with zero attached hydrogens (tertiary/aromatic N) is 6. The third kappa shape index (κ3) is 4.18. The Hall–Kier alpha value is -2.69. The van der Waals surface area contributed by atoms with Crippen molar-refractivity contribution in [3.05, 3.63) is 58.3 Å². The van der Waals surface area contributed by atoms with Crippen molar-refractivity contribution in [2.45, 2.75) is 44.3 Å². The fourth-order valence-corrected chi connectivity index (χ4v) is 5.51. The van der Waals surface area contributed by atoms with Gasteiger partial charge in [0.25, 0.3) is 0 Å². The molecule has 0 bridgehead atoms. The van der Waals surface area contributed by atoms with Gasteiger partial charge < -0.3 is 4.52 Å². The van der Waals surface area contributed by atoms with E-state index in [2.05, 4.69) is 37.1 Å². The van der Waals surface area contributed by atoms with Gasteiger partial charge in [0.15, 0.2) is 10.6 Å². The molecule has 7 nitrogen and oxygen atoms in total. The molecule has 3 aromatic heterocycles. The highest BCUT2D eigenvalue weighted by atomic mass is 32.1. The molecular formula is C23H23FN6OS2. The second-order valence-corrected chi connectivity index (χ2v) is 10.0. The molecule has 33 heavy (non-hydrogen) atoms. The number of rotatable bonds is 6. The molecule has 170 valence electrons. The average molecular weight is 483 g/mol. The highest BCUT2D eigenvalue weighted by Crippen LogP contribution is 2.39. The van der Waals surface area contributed by atoms with Crippen LogP contribution in [0.5, 0.6) is 0 Å². The van der Waals surface area contributed by atoms with Gasteiger partial charge in [-0.05, 0) is 68.0 Å². The predicted octanol–water partition coefficient (Wildman–Crippen LogP) is 5.50. The van der Waals surface area contributed by atoms with E-state index in [1.165, 1.54) is 12.1 Å². The molecule has 6 rings (SSSR count). The molecule has 1 aliphatic carbocycles. The van der Waals surface area contributed by atoms with Gasteiger partial charge in [-0.2, -0.15) is 4.98 Å². The largest absolute Gasteiger partial charge is 0.339 e. The topological polar surface area (TPSA) is 64.9 Å². The Kier molecular flexibility index (Phi) is 5.43. The van der Waals surface area contributed by atoms with Crippen LogP contribution >= 0.6 is 23.6 Å². The van der Waals surface area contributed by atoms with Crippen molar-refractivity contribution >= 4 is 23.6 Å². The third-order valence-electron chi connectivity index (χ3n) is 6.24. The van der Waals surface area contributed by atoms with Crippen LogP contribution in [0, 0.1) is 10.6 Å². The van der Waals surface area contributed by atoms with Crippen molar-refractivity contribution in [1.29, 1.82) is 0 Å². The van der Waals surface area contributed by atoms with Gasteiger partial charge in [-0.15, -0.1) is 16.4 Å². The van der Waals surface area contributed by atoms with Crippen LogP contribution in [-0.4, -0.2) is 42.5 Å². The van der Waals surface area contributed by atoms with Crippen LogP contribution < -0.4 is 0 Å². The Bertz CT molecular complexity index is 1320. The minimum Gasteiger partial charge on any atom is -0.339 e. The van der Waals surface area contributed by atoms with Crippen LogP contribution in [0.1, 0.15) is 43.5 Å². The summed E-state index contributed by atoms with van der Waals surface area (Å²) in [4.78, 5) is 8.07. The lowest BCUT2D eigenvalue weighted by molar-refractivity contribution is 0.143. The summed E-state index contributed by atoms with van der Waals surface area (Å²) in [6.45, 7) is 2.39. The normalized spacial score (nSPS) is 19.2. The first kappa shape index (κ1) is 20.9. The molecule has 1 atom stereocenters. The van der Waals surface area contributed by atoms with Gasteiger partial charge >= 0.3 is 0 Å². The van der Waals surface area contributed by atoms with E-state index in [1.54, 1.807) is 23.5 Å². The zero-order valence-corrected chi connectivity index (χ0v) is 19.6. The minimum absolute atomic E-state index is 0.130. The van der Waals surface area contributed by atoms with Crippen molar-refractivity contribution in [2.24, 2.45) is 0 Å². The average Bonchev–Trinajstić information content (AvgIpc) is 3.22. The second-order valence-electron chi connectivity index (χ2n) is 8.71. The van der Waals surface area contributed by atoms with Crippen LogP contribution in [0.2, 0.25) is 0 Å². The van der Waals surface area contributed by atoms with Gasteiger partial charge in [-0.1, -0.05) is 23.4 Å². The van der Waals surface area contributed by atoms with Crippen molar-refractivity contribution in [2.75, 3.05) is 13.1 Å². The molecule has 0 radical (unpaired) electrons. The maximum Gasteiger partial charge on any atom is 0.231 e. The van der Waals surface area contributed by atoms with Crippen LogP contribution in [0.3, 0.4) is 0 Å². The maximum absolute atomic E-state index is 13.6. The van der Waals surface area contributed by atoms with Crippen molar-refractivity contribution in [1.82, 2.24) is 29.4 Å². The van der Waals surface area contributed by atoms with E-state index in [9.17, 15) is 4.39 Å². The second kappa shape index (κ2) is 8.58. The van der Waals surface area contributed by atoms with Crippen LogP contribution in [-0.2, 0) is 6.67 Å². The third-order valence-corrected chi connectivity index (χ3v) is 7.51. The summed E-state index contributed by atoms with van der Waals surface area (Å²) in [5.41, 5.74) is 0.621. The Morgan fingerprint density at radius 2 is 2.09 bits per heavy atom. The molecule has 0 amide bonds. The molecule has 2 fully saturated rings.